The van der Waals surface area contributed by atoms with Crippen LogP contribution in [0.1, 0.15) is 80.5 Å². The third-order valence-corrected chi connectivity index (χ3v) is 5.70. The quantitative estimate of drug-likeness (QED) is 0.534. The highest BCUT2D eigenvalue weighted by Gasteiger charge is 2.21. The second kappa shape index (κ2) is 10.0. The van der Waals surface area contributed by atoms with E-state index < -0.39 is 0 Å². The number of hydrogen-bond donors (Lipinski definition) is 0. The summed E-state index contributed by atoms with van der Waals surface area (Å²) >= 11 is 0. The predicted molar refractivity (Wildman–Crippen MR) is 116 cm³/mol. The summed E-state index contributed by atoms with van der Waals surface area (Å²) in [5.41, 5.74) is 4.89. The molecule has 0 aromatic heterocycles. The van der Waals surface area contributed by atoms with Crippen LogP contribution in [0.25, 0.3) is 0 Å². The van der Waals surface area contributed by atoms with Crippen molar-refractivity contribution in [3.05, 3.63) is 70.8 Å². The summed E-state index contributed by atoms with van der Waals surface area (Å²) in [5, 5.41) is 0. The second-order valence-electron chi connectivity index (χ2n) is 7.68. The smallest absolute Gasteiger partial charge is 0.0340 e. The van der Waals surface area contributed by atoms with Crippen LogP contribution in [0, 0.1) is 29.6 Å². The first-order chi connectivity index (χ1) is 13.3. The number of rotatable bonds is 4. The van der Waals surface area contributed by atoms with Crippen LogP contribution in [0.4, 0.5) is 0 Å². The highest BCUT2D eigenvalue weighted by atomic mass is 14.3. The predicted octanol–water partition coefficient (Wildman–Crippen LogP) is 6.73. The molecule has 0 saturated heterocycles. The van der Waals surface area contributed by atoms with Gasteiger partial charge in [0.2, 0.25) is 0 Å². The van der Waals surface area contributed by atoms with Crippen LogP contribution in [-0.2, 0) is 6.42 Å². The molecule has 0 spiro atoms. The summed E-state index contributed by atoms with van der Waals surface area (Å²) < 4.78 is 0. The van der Waals surface area contributed by atoms with Gasteiger partial charge in [-0.15, -0.1) is 5.92 Å². The molecule has 0 nitrogen and oxygen atoms in total. The summed E-state index contributed by atoms with van der Waals surface area (Å²) in [6.07, 6.45) is 9.06. The molecule has 0 unspecified atom stereocenters. The Morgan fingerprint density at radius 2 is 1.41 bits per heavy atom. The lowest BCUT2D eigenvalue weighted by Gasteiger charge is -2.28. The van der Waals surface area contributed by atoms with E-state index >= 15 is 0 Å². The van der Waals surface area contributed by atoms with Gasteiger partial charge in [0.05, 0.1) is 0 Å². The molecule has 0 amide bonds. The molecule has 0 atom stereocenters. The van der Waals surface area contributed by atoms with Crippen LogP contribution in [-0.4, -0.2) is 0 Å². The first kappa shape index (κ1) is 19.3. The molecule has 0 radical (unpaired) electrons. The normalized spacial score (nSPS) is 18.7. The SMILES string of the molecule is CC#CCc1ccc(C#Cc2ccc(C3CCC(CCC)CC3)cc2)cc1. The minimum absolute atomic E-state index is 0.749. The molecule has 1 aliphatic rings. The van der Waals surface area contributed by atoms with Gasteiger partial charge in [0.25, 0.3) is 0 Å². The molecule has 0 heteroatoms. The van der Waals surface area contributed by atoms with Gasteiger partial charge in [0.15, 0.2) is 0 Å². The van der Waals surface area contributed by atoms with E-state index in [9.17, 15) is 0 Å². The van der Waals surface area contributed by atoms with E-state index in [4.69, 9.17) is 0 Å². The molecule has 0 bridgehead atoms. The van der Waals surface area contributed by atoms with E-state index in [1.807, 2.05) is 6.92 Å². The minimum Gasteiger partial charge on any atom is -0.106 e. The fraction of sp³-hybridized carbons (Fsp3) is 0.407. The Bertz CT molecular complexity index is 823. The zero-order chi connectivity index (χ0) is 18.9. The zero-order valence-corrected chi connectivity index (χ0v) is 16.7. The molecule has 1 fully saturated rings. The largest absolute Gasteiger partial charge is 0.106 e. The van der Waals surface area contributed by atoms with E-state index in [0.29, 0.717) is 0 Å². The zero-order valence-electron chi connectivity index (χ0n) is 16.7. The molecule has 0 N–H and O–H groups in total. The van der Waals surface area contributed by atoms with Crippen molar-refractivity contribution in [3.63, 3.8) is 0 Å². The van der Waals surface area contributed by atoms with Crippen LogP contribution >= 0.6 is 0 Å². The summed E-state index contributed by atoms with van der Waals surface area (Å²) in [6, 6.07) is 17.4. The number of hydrogen-bond acceptors (Lipinski definition) is 0. The molecule has 138 valence electrons. The standard InChI is InChI=1S/C27H30/c1-3-5-7-23-8-10-24(11-9-23)12-13-25-16-20-27(21-17-25)26-18-14-22(6-4-2)15-19-26/h8-11,16-17,20-22,26H,4,6-7,14-15,18-19H2,1-2H3. The average Bonchev–Trinajstić information content (AvgIpc) is 2.73. The van der Waals surface area contributed by atoms with Gasteiger partial charge < -0.3 is 0 Å². The van der Waals surface area contributed by atoms with Crippen LogP contribution in [0.15, 0.2) is 48.5 Å². The summed E-state index contributed by atoms with van der Waals surface area (Å²) in [5.74, 6) is 14.3. The second-order valence-corrected chi connectivity index (χ2v) is 7.68. The van der Waals surface area contributed by atoms with Crippen LogP contribution in [0.3, 0.4) is 0 Å². The van der Waals surface area contributed by atoms with Crippen LogP contribution in [0.5, 0.6) is 0 Å². The monoisotopic (exact) mass is 354 g/mol. The van der Waals surface area contributed by atoms with E-state index in [-0.39, 0.29) is 0 Å². The molecule has 1 aliphatic carbocycles. The van der Waals surface area contributed by atoms with Gasteiger partial charge in [-0.3, -0.25) is 0 Å². The van der Waals surface area contributed by atoms with E-state index in [2.05, 4.69) is 79.1 Å². The molecular weight excluding hydrogens is 324 g/mol. The maximum atomic E-state index is 3.30. The van der Waals surface area contributed by atoms with Crippen molar-refractivity contribution in [3.8, 4) is 23.7 Å². The van der Waals surface area contributed by atoms with Crippen molar-refractivity contribution >= 4 is 0 Å². The fourth-order valence-corrected chi connectivity index (χ4v) is 4.07. The van der Waals surface area contributed by atoms with Gasteiger partial charge in [-0.05, 0) is 79.8 Å². The van der Waals surface area contributed by atoms with Gasteiger partial charge in [-0.1, -0.05) is 61.8 Å². The Kier molecular flexibility index (Phi) is 7.19. The molecule has 3 rings (SSSR count). The molecule has 0 aliphatic heterocycles. The van der Waals surface area contributed by atoms with Crippen molar-refractivity contribution in [2.45, 2.75) is 64.7 Å². The van der Waals surface area contributed by atoms with Crippen molar-refractivity contribution in [2.24, 2.45) is 5.92 Å². The Hall–Kier alpha value is -2.44. The summed E-state index contributed by atoms with van der Waals surface area (Å²) in [6.45, 7) is 4.18. The summed E-state index contributed by atoms with van der Waals surface area (Å²) in [4.78, 5) is 0. The van der Waals surface area contributed by atoms with E-state index in [1.54, 1.807) is 0 Å². The van der Waals surface area contributed by atoms with Gasteiger partial charge in [0.1, 0.15) is 0 Å². The van der Waals surface area contributed by atoms with Gasteiger partial charge in [-0.2, -0.15) is 0 Å². The molecule has 27 heavy (non-hydrogen) atoms. The summed E-state index contributed by atoms with van der Waals surface area (Å²) in [7, 11) is 0. The lowest BCUT2D eigenvalue weighted by molar-refractivity contribution is 0.308. The van der Waals surface area contributed by atoms with Gasteiger partial charge in [0, 0.05) is 17.5 Å². The lowest BCUT2D eigenvalue weighted by Crippen LogP contribution is -2.13. The third-order valence-electron chi connectivity index (χ3n) is 5.70. The minimum atomic E-state index is 0.749. The molecule has 0 heterocycles. The van der Waals surface area contributed by atoms with Crippen molar-refractivity contribution in [1.82, 2.24) is 0 Å². The van der Waals surface area contributed by atoms with Crippen LogP contribution < -0.4 is 0 Å². The Morgan fingerprint density at radius 1 is 0.815 bits per heavy atom. The lowest BCUT2D eigenvalue weighted by atomic mass is 9.77. The van der Waals surface area contributed by atoms with Gasteiger partial charge >= 0.3 is 0 Å². The number of benzene rings is 2. The highest BCUT2D eigenvalue weighted by Crippen LogP contribution is 2.37. The maximum absolute atomic E-state index is 3.30. The Labute approximate surface area is 165 Å². The Balaban J connectivity index is 1.58. The van der Waals surface area contributed by atoms with Gasteiger partial charge in [-0.25, -0.2) is 0 Å². The highest BCUT2D eigenvalue weighted by molar-refractivity contribution is 5.44. The molecule has 2 aromatic rings. The van der Waals surface area contributed by atoms with Crippen molar-refractivity contribution in [1.29, 1.82) is 0 Å². The Morgan fingerprint density at radius 3 is 1.96 bits per heavy atom. The first-order valence-corrected chi connectivity index (χ1v) is 10.4. The van der Waals surface area contributed by atoms with Crippen molar-refractivity contribution in [2.75, 3.05) is 0 Å². The van der Waals surface area contributed by atoms with Crippen LogP contribution in [0.2, 0.25) is 0 Å². The molecular formula is C27H30. The molecule has 1 saturated carbocycles. The fourth-order valence-electron chi connectivity index (χ4n) is 4.07. The average molecular weight is 355 g/mol. The van der Waals surface area contributed by atoms with E-state index in [0.717, 1.165) is 29.4 Å². The topological polar surface area (TPSA) is 0 Å². The first-order valence-electron chi connectivity index (χ1n) is 10.4. The van der Waals surface area contributed by atoms with E-state index in [1.165, 1.54) is 49.7 Å². The maximum Gasteiger partial charge on any atom is 0.0340 e. The third kappa shape index (κ3) is 5.77. The van der Waals surface area contributed by atoms with Crippen molar-refractivity contribution < 1.29 is 0 Å². The molecule has 2 aromatic carbocycles.